The molecule has 2 heterocycles. The Hall–Kier alpha value is -2.60. The number of ether oxygens (including phenoxy) is 1. The minimum absolute atomic E-state index is 0.0840. The molecule has 6 heteroatoms. The third kappa shape index (κ3) is 3.49. The molecule has 24 heavy (non-hydrogen) atoms. The van der Waals surface area contributed by atoms with Crippen LogP contribution in [-0.2, 0) is 22.5 Å². The maximum atomic E-state index is 12.2. The van der Waals surface area contributed by atoms with Crippen LogP contribution in [0, 0.1) is 6.92 Å². The summed E-state index contributed by atoms with van der Waals surface area (Å²) in [6, 6.07) is 10.6. The van der Waals surface area contributed by atoms with E-state index in [4.69, 9.17) is 4.74 Å². The Morgan fingerprint density at radius 2 is 2.17 bits per heavy atom. The number of carbonyl (C=O) groups is 1. The molecule has 2 aromatic rings. The second-order valence-corrected chi connectivity index (χ2v) is 5.89. The topological polar surface area (TPSA) is 80.6 Å². The van der Waals surface area contributed by atoms with Crippen molar-refractivity contribution in [1.82, 2.24) is 9.88 Å². The van der Waals surface area contributed by atoms with Gasteiger partial charge in [0.15, 0.2) is 0 Å². The van der Waals surface area contributed by atoms with Crippen molar-refractivity contribution in [3.8, 4) is 5.75 Å². The van der Waals surface area contributed by atoms with Gasteiger partial charge in [0.25, 0.3) is 5.56 Å². The number of benzene rings is 1. The molecule has 6 nitrogen and oxygen atoms in total. The van der Waals surface area contributed by atoms with Crippen molar-refractivity contribution in [3.63, 3.8) is 0 Å². The number of nitrogens with zero attached hydrogens (tertiary/aromatic N) is 1. The maximum absolute atomic E-state index is 12.2. The van der Waals surface area contributed by atoms with Crippen LogP contribution in [0.5, 0.6) is 5.75 Å². The summed E-state index contributed by atoms with van der Waals surface area (Å²) in [5.41, 5.74) is 2.48. The van der Waals surface area contributed by atoms with E-state index in [1.807, 2.05) is 18.2 Å². The van der Waals surface area contributed by atoms with E-state index in [0.29, 0.717) is 18.8 Å². The Morgan fingerprint density at radius 1 is 1.38 bits per heavy atom. The highest BCUT2D eigenvalue weighted by molar-refractivity contribution is 5.75. The van der Waals surface area contributed by atoms with E-state index in [1.165, 1.54) is 16.2 Å². The van der Waals surface area contributed by atoms with Crippen LogP contribution in [0.2, 0.25) is 0 Å². The predicted molar refractivity (Wildman–Crippen MR) is 89.0 cm³/mol. The number of hydrogen-bond acceptors (Lipinski definition) is 4. The Morgan fingerprint density at radius 3 is 2.96 bits per heavy atom. The highest BCUT2D eigenvalue weighted by atomic mass is 16.5. The summed E-state index contributed by atoms with van der Waals surface area (Å²) >= 11 is 0. The van der Waals surface area contributed by atoms with Crippen molar-refractivity contribution in [2.75, 3.05) is 13.2 Å². The summed E-state index contributed by atoms with van der Waals surface area (Å²) in [7, 11) is 0. The molecule has 0 saturated carbocycles. The minimum atomic E-state index is -0.401. The van der Waals surface area contributed by atoms with Gasteiger partial charge in [-0.2, -0.15) is 0 Å². The summed E-state index contributed by atoms with van der Waals surface area (Å²) in [6.45, 7) is 2.59. The molecule has 1 unspecified atom stereocenters. The number of nitrogens with one attached hydrogen (secondary N) is 1. The van der Waals surface area contributed by atoms with E-state index >= 15 is 0 Å². The number of aromatic nitrogens is 1. The number of fused-ring (bicyclic) bond motifs is 1. The summed E-state index contributed by atoms with van der Waals surface area (Å²) in [5, 5.41) is 12.2. The van der Waals surface area contributed by atoms with Crippen molar-refractivity contribution >= 4 is 5.91 Å². The molecule has 0 saturated heterocycles. The lowest BCUT2D eigenvalue weighted by Gasteiger charge is -2.26. The fourth-order valence-corrected chi connectivity index (χ4v) is 2.97. The Bertz CT molecular complexity index is 813. The first-order valence-corrected chi connectivity index (χ1v) is 7.91. The zero-order valence-electron chi connectivity index (χ0n) is 13.5. The molecule has 1 aliphatic rings. The molecule has 1 aliphatic heterocycles. The van der Waals surface area contributed by atoms with Gasteiger partial charge in [0.05, 0.1) is 6.61 Å². The summed E-state index contributed by atoms with van der Waals surface area (Å²) in [4.78, 5) is 24.0. The molecule has 1 amide bonds. The molecule has 126 valence electrons. The van der Waals surface area contributed by atoms with Crippen molar-refractivity contribution in [1.29, 1.82) is 0 Å². The van der Waals surface area contributed by atoms with Crippen LogP contribution in [0.3, 0.4) is 0 Å². The van der Waals surface area contributed by atoms with Gasteiger partial charge in [-0.15, -0.1) is 0 Å². The lowest BCUT2D eigenvalue weighted by atomic mass is 9.97. The van der Waals surface area contributed by atoms with E-state index in [1.54, 1.807) is 6.92 Å². The molecule has 1 atom stereocenters. The summed E-state index contributed by atoms with van der Waals surface area (Å²) in [5.74, 6) is -0.362. The lowest BCUT2D eigenvalue weighted by molar-refractivity contribution is -0.122. The lowest BCUT2D eigenvalue weighted by Crippen LogP contribution is -2.36. The largest absolute Gasteiger partial charge is 0.508 e. The molecule has 0 radical (unpaired) electrons. The molecule has 2 N–H and O–H groups in total. The third-order valence-corrected chi connectivity index (χ3v) is 4.20. The number of amides is 1. The second kappa shape index (κ2) is 6.88. The molecular formula is C18H20N2O4. The molecule has 0 fully saturated rings. The van der Waals surface area contributed by atoms with E-state index < -0.39 is 5.56 Å². The van der Waals surface area contributed by atoms with Gasteiger partial charge in [-0.3, -0.25) is 9.59 Å². The van der Waals surface area contributed by atoms with Crippen LogP contribution >= 0.6 is 0 Å². The number of aromatic hydroxyl groups is 1. The highest BCUT2D eigenvalue weighted by Gasteiger charge is 2.21. The molecule has 1 aromatic carbocycles. The van der Waals surface area contributed by atoms with Gasteiger partial charge in [-0.1, -0.05) is 24.3 Å². The van der Waals surface area contributed by atoms with E-state index in [2.05, 4.69) is 11.4 Å². The van der Waals surface area contributed by atoms with Crippen LogP contribution in [0.25, 0.3) is 0 Å². The van der Waals surface area contributed by atoms with Gasteiger partial charge >= 0.3 is 0 Å². The van der Waals surface area contributed by atoms with Crippen LogP contribution in [0.15, 0.2) is 41.2 Å². The van der Waals surface area contributed by atoms with Gasteiger partial charge in [-0.05, 0) is 30.5 Å². The van der Waals surface area contributed by atoms with Gasteiger partial charge in [0.1, 0.15) is 18.4 Å². The number of rotatable bonds is 4. The zero-order chi connectivity index (χ0) is 17.1. The van der Waals surface area contributed by atoms with E-state index in [0.717, 1.165) is 18.1 Å². The first-order valence-electron chi connectivity index (χ1n) is 7.91. The zero-order valence-corrected chi connectivity index (χ0v) is 13.5. The van der Waals surface area contributed by atoms with Crippen LogP contribution in [0.1, 0.15) is 22.9 Å². The molecule has 0 bridgehead atoms. The smallest absolute Gasteiger partial charge is 0.254 e. The van der Waals surface area contributed by atoms with Gasteiger partial charge < -0.3 is 19.7 Å². The first-order chi connectivity index (χ1) is 11.5. The van der Waals surface area contributed by atoms with Crippen molar-refractivity contribution in [2.24, 2.45) is 0 Å². The quantitative estimate of drug-likeness (QED) is 0.886. The minimum Gasteiger partial charge on any atom is -0.508 e. The fraction of sp³-hybridized carbons (Fsp3) is 0.333. The maximum Gasteiger partial charge on any atom is 0.254 e. The number of hydrogen-bond donors (Lipinski definition) is 2. The van der Waals surface area contributed by atoms with E-state index in [9.17, 15) is 14.7 Å². The van der Waals surface area contributed by atoms with Crippen LogP contribution < -0.4 is 10.9 Å². The average Bonchev–Trinajstić information content (AvgIpc) is 2.56. The Balaban J connectivity index is 1.64. The second-order valence-electron chi connectivity index (χ2n) is 5.89. The summed E-state index contributed by atoms with van der Waals surface area (Å²) < 4.78 is 7.08. The fourth-order valence-electron chi connectivity index (χ4n) is 2.97. The number of carbonyl (C=O) groups excluding carboxylic acids is 1. The van der Waals surface area contributed by atoms with Gasteiger partial charge in [-0.25, -0.2) is 0 Å². The van der Waals surface area contributed by atoms with Gasteiger partial charge in [0.2, 0.25) is 5.91 Å². The Kier molecular flexibility index (Phi) is 4.66. The predicted octanol–water partition coefficient (Wildman–Crippen LogP) is 1.29. The average molecular weight is 328 g/mol. The molecule has 1 aromatic heterocycles. The van der Waals surface area contributed by atoms with E-state index in [-0.39, 0.29) is 24.3 Å². The monoisotopic (exact) mass is 328 g/mol. The normalized spacial score (nSPS) is 16.5. The number of pyridine rings is 1. The van der Waals surface area contributed by atoms with Crippen molar-refractivity contribution in [3.05, 3.63) is 63.6 Å². The molecule has 0 spiro atoms. The SMILES string of the molecule is Cc1cc(O)cc(=O)n1CC(=O)NCC1OCCc2ccccc21. The van der Waals surface area contributed by atoms with Crippen LogP contribution in [0.4, 0.5) is 0 Å². The van der Waals surface area contributed by atoms with Crippen LogP contribution in [-0.4, -0.2) is 28.7 Å². The van der Waals surface area contributed by atoms with Gasteiger partial charge in [0, 0.05) is 18.3 Å². The number of aryl methyl sites for hydroxylation is 1. The third-order valence-electron chi connectivity index (χ3n) is 4.20. The molecule has 0 aliphatic carbocycles. The highest BCUT2D eigenvalue weighted by Crippen LogP contribution is 2.26. The standard InChI is InChI=1S/C18H20N2O4/c1-12-8-14(21)9-18(23)20(12)11-17(22)19-10-16-15-5-3-2-4-13(15)6-7-24-16/h2-5,8-9,16,21H,6-7,10-11H2,1H3,(H,19,22). The van der Waals surface area contributed by atoms with Crippen molar-refractivity contribution < 1.29 is 14.6 Å². The summed E-state index contributed by atoms with van der Waals surface area (Å²) in [6.07, 6.45) is 0.708. The first kappa shape index (κ1) is 16.3. The Labute approximate surface area is 139 Å². The molecular weight excluding hydrogens is 308 g/mol. The van der Waals surface area contributed by atoms with Crippen molar-refractivity contribution in [2.45, 2.75) is 26.0 Å². The molecule has 3 rings (SSSR count).